The minimum Gasteiger partial charge on any atom is -0.465 e. The fourth-order valence-electron chi connectivity index (χ4n) is 3.55. The number of methoxy groups -OCH3 is 1. The number of esters is 1. The van der Waals surface area contributed by atoms with Gasteiger partial charge in [-0.15, -0.1) is 0 Å². The second kappa shape index (κ2) is 11.7. The van der Waals surface area contributed by atoms with Crippen molar-refractivity contribution in [1.82, 2.24) is 9.80 Å². The lowest BCUT2D eigenvalue weighted by molar-refractivity contribution is -0.157. The maximum atomic E-state index is 13.1. The summed E-state index contributed by atoms with van der Waals surface area (Å²) in [5, 5.41) is 0. The quantitative estimate of drug-likeness (QED) is 0.443. The first-order chi connectivity index (χ1) is 13.4. The summed E-state index contributed by atoms with van der Waals surface area (Å²) in [6, 6.07) is 0. The Kier molecular flexibility index (Phi) is 10.6. The van der Waals surface area contributed by atoms with Gasteiger partial charge in [0.2, 0.25) is 0 Å². The summed E-state index contributed by atoms with van der Waals surface area (Å²) in [7, 11) is 3.93. The molecular formula is C24H48N2O3. The summed E-state index contributed by atoms with van der Waals surface area (Å²) in [5.41, 5.74) is -0.0823. The largest absolute Gasteiger partial charge is 0.465 e. The topological polar surface area (TPSA) is 42.0 Å². The minimum atomic E-state index is -0.425. The number of likely N-dealkylation sites (N-methyl/N-ethyl adjacent to an activating group) is 1. The summed E-state index contributed by atoms with van der Waals surface area (Å²) >= 11 is 0. The minimum absolute atomic E-state index is 0.0154. The molecule has 1 aliphatic heterocycles. The summed E-state index contributed by atoms with van der Waals surface area (Å²) in [4.78, 5) is 18.0. The van der Waals surface area contributed by atoms with Gasteiger partial charge in [-0.25, -0.2) is 0 Å². The maximum Gasteiger partial charge on any atom is 0.311 e. The Morgan fingerprint density at radius 3 is 2.00 bits per heavy atom. The molecule has 0 amide bonds. The van der Waals surface area contributed by atoms with Gasteiger partial charge < -0.3 is 19.3 Å². The maximum absolute atomic E-state index is 13.1. The van der Waals surface area contributed by atoms with Gasteiger partial charge >= 0.3 is 5.97 Å². The lowest BCUT2D eigenvalue weighted by Gasteiger charge is -2.36. The predicted octanol–water partition coefficient (Wildman–Crippen LogP) is 4.45. The van der Waals surface area contributed by atoms with Crippen molar-refractivity contribution in [1.29, 1.82) is 0 Å². The molecule has 172 valence electrons. The number of carbonyl (C=O) groups excluding carboxylic acids is 1. The van der Waals surface area contributed by atoms with Crippen LogP contribution in [0.2, 0.25) is 0 Å². The molecule has 1 saturated heterocycles. The zero-order valence-corrected chi connectivity index (χ0v) is 20.6. The van der Waals surface area contributed by atoms with E-state index in [1.807, 2.05) is 0 Å². The average molecular weight is 413 g/mol. The Morgan fingerprint density at radius 2 is 1.45 bits per heavy atom. The van der Waals surface area contributed by atoms with E-state index in [-0.39, 0.29) is 16.8 Å². The number of ether oxygens (including phenoxy) is 2. The van der Waals surface area contributed by atoms with E-state index in [0.717, 1.165) is 71.4 Å². The molecule has 0 spiro atoms. The van der Waals surface area contributed by atoms with E-state index in [4.69, 9.17) is 9.47 Å². The lowest BCUT2D eigenvalue weighted by atomic mass is 9.75. The number of hydrogen-bond donors (Lipinski definition) is 0. The molecular weight excluding hydrogens is 364 g/mol. The van der Waals surface area contributed by atoms with Crippen molar-refractivity contribution in [3.8, 4) is 0 Å². The summed E-state index contributed by atoms with van der Waals surface area (Å²) in [6.07, 6.45) is 4.64. The van der Waals surface area contributed by atoms with Crippen LogP contribution in [0.15, 0.2) is 0 Å². The van der Waals surface area contributed by atoms with E-state index in [2.05, 4.69) is 58.4 Å². The van der Waals surface area contributed by atoms with Crippen LogP contribution in [-0.4, -0.2) is 75.9 Å². The number of hydrogen-bond acceptors (Lipinski definition) is 5. The van der Waals surface area contributed by atoms with Gasteiger partial charge in [-0.1, -0.05) is 34.6 Å². The summed E-state index contributed by atoms with van der Waals surface area (Å²) in [6.45, 7) is 19.9. The third-order valence-corrected chi connectivity index (χ3v) is 6.49. The molecule has 0 aromatic carbocycles. The van der Waals surface area contributed by atoms with E-state index in [1.54, 1.807) is 7.11 Å². The van der Waals surface area contributed by atoms with Gasteiger partial charge in [-0.05, 0) is 63.5 Å². The van der Waals surface area contributed by atoms with Crippen molar-refractivity contribution >= 4 is 5.97 Å². The number of rotatable bonds is 12. The zero-order valence-electron chi connectivity index (χ0n) is 20.6. The van der Waals surface area contributed by atoms with Gasteiger partial charge in [-0.3, -0.25) is 4.79 Å². The van der Waals surface area contributed by atoms with Crippen LogP contribution in [0.25, 0.3) is 0 Å². The molecule has 1 atom stereocenters. The third kappa shape index (κ3) is 10.8. The van der Waals surface area contributed by atoms with Crippen molar-refractivity contribution in [3.05, 3.63) is 0 Å². The highest BCUT2D eigenvalue weighted by atomic mass is 16.5. The van der Waals surface area contributed by atoms with Crippen LogP contribution < -0.4 is 0 Å². The van der Waals surface area contributed by atoms with Crippen LogP contribution in [-0.2, 0) is 14.3 Å². The summed E-state index contributed by atoms with van der Waals surface area (Å²) in [5.74, 6) is -0.0154. The molecule has 0 radical (unpaired) electrons. The Labute approximate surface area is 180 Å². The molecule has 0 saturated carbocycles. The molecule has 0 aromatic rings. The van der Waals surface area contributed by atoms with Gasteiger partial charge in [0, 0.05) is 39.9 Å². The Hall–Kier alpha value is -0.650. The molecule has 1 aliphatic rings. The first kappa shape index (κ1) is 26.4. The Morgan fingerprint density at radius 1 is 0.828 bits per heavy atom. The normalized spacial score (nSPS) is 19.2. The molecule has 0 aromatic heterocycles. The van der Waals surface area contributed by atoms with E-state index < -0.39 is 5.41 Å². The second-order valence-corrected chi connectivity index (χ2v) is 11.3. The molecule has 1 fully saturated rings. The predicted molar refractivity (Wildman–Crippen MR) is 121 cm³/mol. The number of carbonyl (C=O) groups is 1. The molecule has 0 aliphatic carbocycles. The Balaban J connectivity index is 2.70. The molecule has 0 N–H and O–H groups in total. The van der Waals surface area contributed by atoms with Crippen LogP contribution in [0.4, 0.5) is 0 Å². The highest BCUT2D eigenvalue weighted by molar-refractivity contribution is 5.76. The van der Waals surface area contributed by atoms with Crippen molar-refractivity contribution < 1.29 is 14.3 Å². The average Bonchev–Trinajstić information content (AvgIpc) is 2.63. The molecule has 5 heteroatoms. The van der Waals surface area contributed by atoms with Gasteiger partial charge in [0.15, 0.2) is 0 Å². The van der Waals surface area contributed by atoms with Gasteiger partial charge in [-0.2, -0.15) is 0 Å². The van der Waals surface area contributed by atoms with Gasteiger partial charge in [0.05, 0.1) is 12.0 Å². The molecule has 1 unspecified atom stereocenters. The number of nitrogens with zero attached hydrogens (tertiary/aromatic N) is 2. The van der Waals surface area contributed by atoms with Crippen LogP contribution in [0, 0.1) is 16.2 Å². The fraction of sp³-hybridized carbons (Fsp3) is 0.958. The first-order valence-corrected chi connectivity index (χ1v) is 11.4. The molecule has 29 heavy (non-hydrogen) atoms. The fourth-order valence-corrected chi connectivity index (χ4v) is 3.55. The lowest BCUT2D eigenvalue weighted by Crippen LogP contribution is -2.46. The van der Waals surface area contributed by atoms with E-state index in [1.165, 1.54) is 0 Å². The van der Waals surface area contributed by atoms with Crippen molar-refractivity contribution in [2.24, 2.45) is 16.2 Å². The second-order valence-electron chi connectivity index (χ2n) is 11.3. The monoisotopic (exact) mass is 412 g/mol. The van der Waals surface area contributed by atoms with Crippen LogP contribution in [0.3, 0.4) is 0 Å². The standard InChI is InChI=1S/C24H48N2O3/c1-22(2,3)12-20-29-21(27)24(6,10-9-23(4,5)13-19-28-8)11-14-26-17-15-25(7)16-18-26/h9-20H2,1-8H3. The highest BCUT2D eigenvalue weighted by Crippen LogP contribution is 2.37. The van der Waals surface area contributed by atoms with Crippen molar-refractivity contribution in [3.63, 3.8) is 0 Å². The van der Waals surface area contributed by atoms with Crippen molar-refractivity contribution in [2.45, 2.75) is 73.6 Å². The SMILES string of the molecule is COCCC(C)(C)CCC(C)(CCN1CCN(C)CC1)C(=O)OCCC(C)(C)C. The van der Waals surface area contributed by atoms with Crippen LogP contribution in [0.1, 0.15) is 73.6 Å². The molecule has 1 rings (SSSR count). The van der Waals surface area contributed by atoms with E-state index in [9.17, 15) is 4.79 Å². The third-order valence-electron chi connectivity index (χ3n) is 6.49. The first-order valence-electron chi connectivity index (χ1n) is 11.4. The molecule has 5 nitrogen and oxygen atoms in total. The van der Waals surface area contributed by atoms with E-state index >= 15 is 0 Å². The van der Waals surface area contributed by atoms with Crippen LogP contribution >= 0.6 is 0 Å². The number of piperazine rings is 1. The Bertz CT molecular complexity index is 479. The van der Waals surface area contributed by atoms with Crippen LogP contribution in [0.5, 0.6) is 0 Å². The summed E-state index contributed by atoms with van der Waals surface area (Å²) < 4.78 is 11.1. The molecule has 0 bridgehead atoms. The van der Waals surface area contributed by atoms with E-state index in [0.29, 0.717) is 6.61 Å². The van der Waals surface area contributed by atoms with Crippen molar-refractivity contribution in [2.75, 3.05) is 60.1 Å². The smallest absolute Gasteiger partial charge is 0.311 e. The van der Waals surface area contributed by atoms with Gasteiger partial charge in [0.25, 0.3) is 0 Å². The zero-order chi connectivity index (χ0) is 22.1. The molecule has 1 heterocycles. The highest BCUT2D eigenvalue weighted by Gasteiger charge is 2.37. The van der Waals surface area contributed by atoms with Gasteiger partial charge in [0.1, 0.15) is 0 Å².